The molecule has 1 fully saturated rings. The number of piperazine rings is 1. The molecular formula is C21H23ClN4O. The van der Waals surface area contributed by atoms with E-state index in [2.05, 4.69) is 28.1 Å². The molecule has 0 saturated carbocycles. The minimum atomic E-state index is -0.238. The molecule has 1 amide bonds. The Labute approximate surface area is 165 Å². The molecule has 0 aliphatic carbocycles. The first-order valence-electron chi connectivity index (χ1n) is 9.04. The predicted molar refractivity (Wildman–Crippen MR) is 109 cm³/mol. The average Bonchev–Trinajstić information content (AvgIpc) is 2.69. The number of nitriles is 1. The van der Waals surface area contributed by atoms with Gasteiger partial charge in [-0.3, -0.25) is 9.69 Å². The highest BCUT2D eigenvalue weighted by Crippen LogP contribution is 2.25. The number of anilines is 2. The summed E-state index contributed by atoms with van der Waals surface area (Å²) in [6.45, 7) is 7.32. The molecule has 1 heterocycles. The van der Waals surface area contributed by atoms with Gasteiger partial charge in [0.25, 0.3) is 0 Å². The van der Waals surface area contributed by atoms with Gasteiger partial charge in [-0.2, -0.15) is 5.26 Å². The number of nitrogens with zero attached hydrogens (tertiary/aromatic N) is 3. The van der Waals surface area contributed by atoms with Gasteiger partial charge in [-0.05, 0) is 49.7 Å². The molecule has 0 unspecified atom stereocenters. The lowest BCUT2D eigenvalue weighted by molar-refractivity contribution is -0.120. The molecule has 1 atom stereocenters. The monoisotopic (exact) mass is 382 g/mol. The molecule has 0 bridgehead atoms. The number of benzene rings is 2. The maximum absolute atomic E-state index is 12.6. The quantitative estimate of drug-likeness (QED) is 0.876. The lowest BCUT2D eigenvalue weighted by Gasteiger charge is -2.39. The van der Waals surface area contributed by atoms with Gasteiger partial charge in [-0.25, -0.2) is 0 Å². The summed E-state index contributed by atoms with van der Waals surface area (Å²) in [6, 6.07) is 14.8. The molecule has 2 aromatic carbocycles. The molecule has 1 aliphatic heterocycles. The van der Waals surface area contributed by atoms with Crippen molar-refractivity contribution in [3.05, 3.63) is 58.6 Å². The van der Waals surface area contributed by atoms with Crippen LogP contribution in [0.3, 0.4) is 0 Å². The molecule has 2 aromatic rings. The Morgan fingerprint density at radius 3 is 2.63 bits per heavy atom. The SMILES string of the molecule is Cc1ccc(Cl)cc1N1CCN([C@H](C)C(=O)Nc2cccc(C#N)c2)CC1. The molecule has 1 N–H and O–H groups in total. The van der Waals surface area contributed by atoms with Crippen LogP contribution in [0, 0.1) is 18.3 Å². The fourth-order valence-corrected chi connectivity index (χ4v) is 3.52. The van der Waals surface area contributed by atoms with Crippen molar-refractivity contribution >= 4 is 28.9 Å². The van der Waals surface area contributed by atoms with Gasteiger partial charge < -0.3 is 10.2 Å². The largest absolute Gasteiger partial charge is 0.369 e. The second kappa shape index (κ2) is 8.43. The number of hydrogen-bond acceptors (Lipinski definition) is 4. The molecule has 27 heavy (non-hydrogen) atoms. The van der Waals surface area contributed by atoms with Crippen LogP contribution in [0.5, 0.6) is 0 Å². The number of rotatable bonds is 4. The second-order valence-corrected chi connectivity index (χ2v) is 7.25. The van der Waals surface area contributed by atoms with Crippen molar-refractivity contribution in [2.45, 2.75) is 19.9 Å². The van der Waals surface area contributed by atoms with Crippen LogP contribution in [-0.4, -0.2) is 43.0 Å². The van der Waals surface area contributed by atoms with Gasteiger partial charge in [0.1, 0.15) is 0 Å². The summed E-state index contributed by atoms with van der Waals surface area (Å²) >= 11 is 6.15. The van der Waals surface area contributed by atoms with Gasteiger partial charge in [-0.1, -0.05) is 23.7 Å². The van der Waals surface area contributed by atoms with Gasteiger partial charge in [0.05, 0.1) is 17.7 Å². The van der Waals surface area contributed by atoms with E-state index < -0.39 is 0 Å². The van der Waals surface area contributed by atoms with Crippen LogP contribution in [0.2, 0.25) is 5.02 Å². The molecule has 3 rings (SSSR count). The van der Waals surface area contributed by atoms with E-state index in [1.807, 2.05) is 25.1 Å². The van der Waals surface area contributed by atoms with Crippen molar-refractivity contribution in [2.75, 3.05) is 36.4 Å². The minimum absolute atomic E-state index is 0.0579. The zero-order chi connectivity index (χ0) is 19.4. The van der Waals surface area contributed by atoms with E-state index in [9.17, 15) is 4.79 Å². The van der Waals surface area contributed by atoms with E-state index in [-0.39, 0.29) is 11.9 Å². The fraction of sp³-hybridized carbons (Fsp3) is 0.333. The van der Waals surface area contributed by atoms with E-state index in [1.54, 1.807) is 24.3 Å². The Hall–Kier alpha value is -2.55. The van der Waals surface area contributed by atoms with Crippen molar-refractivity contribution in [3.63, 3.8) is 0 Å². The third-order valence-electron chi connectivity index (χ3n) is 5.01. The van der Waals surface area contributed by atoms with E-state index >= 15 is 0 Å². The first-order valence-corrected chi connectivity index (χ1v) is 9.42. The van der Waals surface area contributed by atoms with Crippen molar-refractivity contribution in [2.24, 2.45) is 0 Å². The molecule has 0 aromatic heterocycles. The van der Waals surface area contributed by atoms with Gasteiger partial charge in [0.15, 0.2) is 0 Å². The van der Waals surface area contributed by atoms with E-state index in [1.165, 1.54) is 5.56 Å². The number of carbonyl (C=O) groups is 1. The smallest absolute Gasteiger partial charge is 0.241 e. The Kier molecular flexibility index (Phi) is 6.00. The Morgan fingerprint density at radius 1 is 1.19 bits per heavy atom. The summed E-state index contributed by atoms with van der Waals surface area (Å²) in [5.74, 6) is -0.0579. The Balaban J connectivity index is 1.59. The third-order valence-corrected chi connectivity index (χ3v) is 5.25. The van der Waals surface area contributed by atoms with Crippen LogP contribution < -0.4 is 10.2 Å². The van der Waals surface area contributed by atoms with Crippen LogP contribution in [0.15, 0.2) is 42.5 Å². The Bertz CT molecular complexity index is 869. The van der Waals surface area contributed by atoms with Crippen LogP contribution in [0.25, 0.3) is 0 Å². The van der Waals surface area contributed by atoms with Gasteiger partial charge >= 0.3 is 0 Å². The lowest BCUT2D eigenvalue weighted by atomic mass is 10.1. The molecular weight excluding hydrogens is 360 g/mol. The highest BCUT2D eigenvalue weighted by Gasteiger charge is 2.26. The summed E-state index contributed by atoms with van der Waals surface area (Å²) in [6.07, 6.45) is 0. The fourth-order valence-electron chi connectivity index (χ4n) is 3.35. The zero-order valence-electron chi connectivity index (χ0n) is 15.6. The molecule has 1 aliphatic rings. The van der Waals surface area contributed by atoms with Gasteiger partial charge in [0, 0.05) is 42.6 Å². The maximum Gasteiger partial charge on any atom is 0.241 e. The number of hydrogen-bond donors (Lipinski definition) is 1. The highest BCUT2D eigenvalue weighted by atomic mass is 35.5. The lowest BCUT2D eigenvalue weighted by Crippen LogP contribution is -2.53. The van der Waals surface area contributed by atoms with E-state index in [0.29, 0.717) is 11.3 Å². The average molecular weight is 383 g/mol. The van der Waals surface area contributed by atoms with Crippen molar-refractivity contribution in [1.29, 1.82) is 5.26 Å². The maximum atomic E-state index is 12.6. The molecule has 1 saturated heterocycles. The summed E-state index contributed by atoms with van der Waals surface area (Å²) in [7, 11) is 0. The number of aryl methyl sites for hydroxylation is 1. The van der Waals surface area contributed by atoms with Gasteiger partial charge in [0.2, 0.25) is 5.91 Å². The number of amides is 1. The molecule has 140 valence electrons. The highest BCUT2D eigenvalue weighted by molar-refractivity contribution is 6.30. The van der Waals surface area contributed by atoms with Crippen molar-refractivity contribution in [1.82, 2.24) is 4.90 Å². The standard InChI is InChI=1S/C21H23ClN4O/c1-15-6-7-18(22)13-20(15)26-10-8-25(9-11-26)16(2)21(27)24-19-5-3-4-17(12-19)14-23/h3-7,12-13,16H,8-11H2,1-2H3,(H,24,27)/t16-/m1/s1. The molecule has 0 spiro atoms. The van der Waals surface area contributed by atoms with Crippen LogP contribution >= 0.6 is 11.6 Å². The first kappa shape index (κ1) is 19.2. The van der Waals surface area contributed by atoms with Crippen molar-refractivity contribution < 1.29 is 4.79 Å². The van der Waals surface area contributed by atoms with E-state index in [0.717, 1.165) is 36.9 Å². The van der Waals surface area contributed by atoms with Crippen LogP contribution in [-0.2, 0) is 4.79 Å². The second-order valence-electron chi connectivity index (χ2n) is 6.81. The topological polar surface area (TPSA) is 59.4 Å². The number of carbonyl (C=O) groups excluding carboxylic acids is 1. The zero-order valence-corrected chi connectivity index (χ0v) is 16.3. The summed E-state index contributed by atoms with van der Waals surface area (Å²) in [5.41, 5.74) is 3.55. The summed E-state index contributed by atoms with van der Waals surface area (Å²) < 4.78 is 0. The summed E-state index contributed by atoms with van der Waals surface area (Å²) in [5, 5.41) is 12.6. The predicted octanol–water partition coefficient (Wildman–Crippen LogP) is 3.67. The third kappa shape index (κ3) is 4.60. The van der Waals surface area contributed by atoms with Crippen molar-refractivity contribution in [3.8, 4) is 6.07 Å². The molecule has 6 heteroatoms. The number of nitrogens with one attached hydrogen (secondary N) is 1. The van der Waals surface area contributed by atoms with Gasteiger partial charge in [-0.15, -0.1) is 0 Å². The molecule has 5 nitrogen and oxygen atoms in total. The van der Waals surface area contributed by atoms with Crippen LogP contribution in [0.1, 0.15) is 18.1 Å². The normalized spacial score (nSPS) is 15.9. The van der Waals surface area contributed by atoms with E-state index in [4.69, 9.17) is 16.9 Å². The van der Waals surface area contributed by atoms with Crippen LogP contribution in [0.4, 0.5) is 11.4 Å². The minimum Gasteiger partial charge on any atom is -0.369 e. The summed E-state index contributed by atoms with van der Waals surface area (Å²) in [4.78, 5) is 17.1. The number of halogens is 1. The first-order chi connectivity index (χ1) is 13.0. The molecule has 0 radical (unpaired) electrons. The Morgan fingerprint density at radius 2 is 1.93 bits per heavy atom.